The monoisotopic (exact) mass is 354 g/mol. The Hall–Kier alpha value is -3.49. The van der Waals surface area contributed by atoms with Crippen LogP contribution in [0.25, 0.3) is 5.82 Å². The molecule has 0 radical (unpaired) electrons. The quantitative estimate of drug-likeness (QED) is 0.668. The van der Waals surface area contributed by atoms with Crippen LogP contribution >= 0.6 is 0 Å². The van der Waals surface area contributed by atoms with Crippen molar-refractivity contribution < 1.29 is 14.3 Å². The van der Waals surface area contributed by atoms with Gasteiger partial charge in [-0.3, -0.25) is 4.79 Å². The third-order valence-electron chi connectivity index (χ3n) is 4.00. The van der Waals surface area contributed by atoms with Crippen molar-refractivity contribution in [3.8, 4) is 5.82 Å². The molecule has 0 saturated heterocycles. The number of amides is 1. The summed E-state index contributed by atoms with van der Waals surface area (Å²) in [5, 5.41) is 6.90. The van der Waals surface area contributed by atoms with Crippen LogP contribution in [0, 0.1) is 13.8 Å². The maximum atomic E-state index is 12.6. The molecule has 3 aromatic rings. The van der Waals surface area contributed by atoms with Gasteiger partial charge in [-0.25, -0.2) is 19.4 Å². The summed E-state index contributed by atoms with van der Waals surface area (Å²) in [5.41, 5.74) is 2.62. The maximum absolute atomic E-state index is 12.6. The first-order valence-corrected chi connectivity index (χ1v) is 7.87. The summed E-state index contributed by atoms with van der Waals surface area (Å²) in [6.07, 6.45) is 4.59. The Bertz CT molecular complexity index is 946. The zero-order chi connectivity index (χ0) is 18.7. The van der Waals surface area contributed by atoms with E-state index < -0.39 is 5.97 Å². The molecule has 3 rings (SSSR count). The summed E-state index contributed by atoms with van der Waals surface area (Å²) in [5.74, 6) is -0.217. The normalized spacial score (nSPS) is 10.6. The molecule has 9 nitrogen and oxygen atoms in total. The number of esters is 1. The molecule has 0 aromatic carbocycles. The van der Waals surface area contributed by atoms with E-state index in [-0.39, 0.29) is 12.5 Å². The summed E-state index contributed by atoms with van der Waals surface area (Å²) >= 11 is 0. The summed E-state index contributed by atoms with van der Waals surface area (Å²) in [4.78, 5) is 35.6. The van der Waals surface area contributed by atoms with Crippen molar-refractivity contribution in [2.45, 2.75) is 20.4 Å². The van der Waals surface area contributed by atoms with Crippen molar-refractivity contribution in [1.29, 1.82) is 0 Å². The zero-order valence-corrected chi connectivity index (χ0v) is 14.6. The van der Waals surface area contributed by atoms with Crippen LogP contribution in [-0.4, -0.2) is 43.7 Å². The van der Waals surface area contributed by atoms with Gasteiger partial charge in [0.15, 0.2) is 5.82 Å². The zero-order valence-electron chi connectivity index (χ0n) is 14.6. The van der Waals surface area contributed by atoms with E-state index in [0.717, 1.165) is 5.56 Å². The number of aromatic nitrogens is 5. The van der Waals surface area contributed by atoms with Gasteiger partial charge >= 0.3 is 5.97 Å². The second-order valence-electron chi connectivity index (χ2n) is 5.63. The van der Waals surface area contributed by atoms with Gasteiger partial charge in [-0.05, 0) is 25.5 Å². The van der Waals surface area contributed by atoms with Gasteiger partial charge in [0, 0.05) is 24.0 Å². The lowest BCUT2D eigenvalue weighted by molar-refractivity contribution is 0.0599. The largest absolute Gasteiger partial charge is 0.465 e. The topological polar surface area (TPSA) is 115 Å². The van der Waals surface area contributed by atoms with Crippen LogP contribution in [-0.2, 0) is 11.3 Å². The lowest BCUT2D eigenvalue weighted by Gasteiger charge is -2.09. The molecule has 0 unspecified atom stereocenters. The van der Waals surface area contributed by atoms with Crippen LogP contribution in [0.5, 0.6) is 0 Å². The number of carbonyl (C=O) groups excluding carboxylic acids is 2. The van der Waals surface area contributed by atoms with E-state index in [4.69, 9.17) is 4.74 Å². The molecule has 0 spiro atoms. The molecular formula is C17H18N6O3. The second-order valence-corrected chi connectivity index (χ2v) is 5.63. The van der Waals surface area contributed by atoms with Gasteiger partial charge in [0.2, 0.25) is 0 Å². The van der Waals surface area contributed by atoms with E-state index in [1.54, 1.807) is 26.1 Å². The molecule has 2 N–H and O–H groups in total. The van der Waals surface area contributed by atoms with Gasteiger partial charge < -0.3 is 15.0 Å². The van der Waals surface area contributed by atoms with Gasteiger partial charge in [-0.1, -0.05) is 6.07 Å². The fourth-order valence-electron chi connectivity index (χ4n) is 2.74. The Morgan fingerprint density at radius 2 is 2.15 bits per heavy atom. The van der Waals surface area contributed by atoms with E-state index in [0.29, 0.717) is 28.3 Å². The third-order valence-corrected chi connectivity index (χ3v) is 4.00. The number of aromatic amines is 1. The number of carbonyl (C=O) groups is 2. The van der Waals surface area contributed by atoms with Crippen LogP contribution in [0.4, 0.5) is 0 Å². The van der Waals surface area contributed by atoms with Crippen molar-refractivity contribution in [1.82, 2.24) is 30.0 Å². The number of H-pyrrole nitrogens is 1. The van der Waals surface area contributed by atoms with Crippen LogP contribution in [0.3, 0.4) is 0 Å². The van der Waals surface area contributed by atoms with Gasteiger partial charge in [0.05, 0.1) is 12.7 Å². The standard InChI is InChI=1S/C17H18N6O3/c1-10-13(17(25)26-3)11(2)22-14(10)16(24)20-7-12-5-4-6-19-15(12)23-9-18-8-21-23/h4-6,8-9,22H,7H2,1-3H3,(H,20,24). The van der Waals surface area contributed by atoms with Crippen LogP contribution in [0.2, 0.25) is 0 Å². The predicted octanol–water partition coefficient (Wildman–Crippen LogP) is 1.32. The highest BCUT2D eigenvalue weighted by Crippen LogP contribution is 2.19. The van der Waals surface area contributed by atoms with E-state index in [9.17, 15) is 9.59 Å². The van der Waals surface area contributed by atoms with E-state index in [2.05, 4.69) is 25.4 Å². The Balaban J connectivity index is 1.80. The molecule has 3 aromatic heterocycles. The highest BCUT2D eigenvalue weighted by Gasteiger charge is 2.22. The van der Waals surface area contributed by atoms with Crippen LogP contribution in [0.15, 0.2) is 31.0 Å². The highest BCUT2D eigenvalue weighted by molar-refractivity contribution is 6.00. The van der Waals surface area contributed by atoms with Crippen LogP contribution in [0.1, 0.15) is 37.7 Å². The highest BCUT2D eigenvalue weighted by atomic mass is 16.5. The lowest BCUT2D eigenvalue weighted by Crippen LogP contribution is -2.25. The lowest BCUT2D eigenvalue weighted by atomic mass is 10.1. The Labute approximate surface area is 149 Å². The molecule has 1 amide bonds. The Kier molecular flexibility index (Phi) is 4.78. The van der Waals surface area contributed by atoms with Crippen molar-refractivity contribution in [3.63, 3.8) is 0 Å². The molecule has 9 heteroatoms. The minimum absolute atomic E-state index is 0.243. The number of ether oxygens (including phenoxy) is 1. The average molecular weight is 354 g/mol. The van der Waals surface area contributed by atoms with E-state index in [1.807, 2.05) is 6.07 Å². The van der Waals surface area contributed by atoms with Crippen molar-refractivity contribution in [2.75, 3.05) is 7.11 Å². The minimum Gasteiger partial charge on any atom is -0.465 e. The van der Waals surface area contributed by atoms with Gasteiger partial charge in [-0.2, -0.15) is 5.10 Å². The molecule has 0 aliphatic rings. The SMILES string of the molecule is COC(=O)c1c(C)[nH]c(C(=O)NCc2cccnc2-n2cncn2)c1C. The summed E-state index contributed by atoms with van der Waals surface area (Å²) < 4.78 is 6.29. The molecule has 0 aliphatic heterocycles. The number of methoxy groups -OCH3 is 1. The first-order chi connectivity index (χ1) is 12.5. The van der Waals surface area contributed by atoms with Gasteiger partial charge in [-0.15, -0.1) is 0 Å². The molecule has 26 heavy (non-hydrogen) atoms. The summed E-state index contributed by atoms with van der Waals surface area (Å²) in [6, 6.07) is 3.62. The molecule has 134 valence electrons. The summed E-state index contributed by atoms with van der Waals surface area (Å²) in [7, 11) is 1.31. The number of hydrogen-bond donors (Lipinski definition) is 2. The van der Waals surface area contributed by atoms with Crippen molar-refractivity contribution >= 4 is 11.9 Å². The minimum atomic E-state index is -0.476. The fraction of sp³-hybridized carbons (Fsp3) is 0.235. The molecule has 0 bridgehead atoms. The smallest absolute Gasteiger partial charge is 0.339 e. The van der Waals surface area contributed by atoms with Gasteiger partial charge in [0.25, 0.3) is 5.91 Å². The number of nitrogens with one attached hydrogen (secondary N) is 2. The van der Waals surface area contributed by atoms with Crippen molar-refractivity contribution in [2.24, 2.45) is 0 Å². The predicted molar refractivity (Wildman–Crippen MR) is 91.9 cm³/mol. The third kappa shape index (κ3) is 3.18. The second kappa shape index (κ2) is 7.18. The van der Waals surface area contributed by atoms with Crippen molar-refractivity contribution in [3.05, 3.63) is 59.1 Å². The number of rotatable bonds is 5. The molecule has 0 aliphatic carbocycles. The molecular weight excluding hydrogens is 336 g/mol. The first-order valence-electron chi connectivity index (χ1n) is 7.87. The molecule has 3 heterocycles. The molecule has 0 atom stereocenters. The average Bonchev–Trinajstić information content (AvgIpc) is 3.27. The number of nitrogens with zero attached hydrogens (tertiary/aromatic N) is 4. The molecule has 0 fully saturated rings. The van der Waals surface area contributed by atoms with E-state index in [1.165, 1.54) is 24.4 Å². The first kappa shape index (κ1) is 17.3. The number of aryl methyl sites for hydroxylation is 1. The number of pyridine rings is 1. The Morgan fingerprint density at radius 1 is 1.35 bits per heavy atom. The number of hydrogen-bond acceptors (Lipinski definition) is 6. The fourth-order valence-corrected chi connectivity index (χ4v) is 2.74. The molecule has 0 saturated carbocycles. The van der Waals surface area contributed by atoms with E-state index >= 15 is 0 Å². The maximum Gasteiger partial charge on any atom is 0.339 e. The Morgan fingerprint density at radius 3 is 2.85 bits per heavy atom. The summed E-state index contributed by atoms with van der Waals surface area (Å²) in [6.45, 7) is 3.67. The van der Waals surface area contributed by atoms with Gasteiger partial charge in [0.1, 0.15) is 18.3 Å². The van der Waals surface area contributed by atoms with Crippen LogP contribution < -0.4 is 5.32 Å².